The first-order valence-electron chi connectivity index (χ1n) is 6.91. The second-order valence-electron chi connectivity index (χ2n) is 4.90. The molecule has 2 amide bonds. The van der Waals surface area contributed by atoms with Gasteiger partial charge in [-0.1, -0.05) is 19.8 Å². The van der Waals surface area contributed by atoms with Gasteiger partial charge in [0.25, 0.3) is 0 Å². The van der Waals surface area contributed by atoms with Gasteiger partial charge in [-0.05, 0) is 25.3 Å². The van der Waals surface area contributed by atoms with Gasteiger partial charge in [-0.2, -0.15) is 0 Å². The number of nitrogens with one attached hydrogen (secondary N) is 1. The van der Waals surface area contributed by atoms with E-state index in [1.165, 1.54) is 0 Å². The molecule has 0 aliphatic carbocycles. The lowest BCUT2D eigenvalue weighted by molar-refractivity contribution is -0.143. The van der Waals surface area contributed by atoms with Gasteiger partial charge < -0.3 is 21.9 Å². The number of hydrogen-bond donors (Lipinski definition) is 4. The second kappa shape index (κ2) is 10.2. The highest BCUT2D eigenvalue weighted by atomic mass is 16.4. The summed E-state index contributed by atoms with van der Waals surface area (Å²) in [4.78, 5) is 33.3. The Balaban J connectivity index is 4.23. The molecule has 7 nitrogen and oxygen atoms in total. The second-order valence-corrected chi connectivity index (χ2v) is 4.90. The van der Waals surface area contributed by atoms with Crippen LogP contribution in [-0.4, -0.2) is 35.5 Å². The number of carboxylic acids is 1. The number of aliphatic carboxylic acids is 1. The van der Waals surface area contributed by atoms with E-state index in [0.29, 0.717) is 18.9 Å². The van der Waals surface area contributed by atoms with Crippen molar-refractivity contribution >= 4 is 17.8 Å². The molecule has 0 aromatic carbocycles. The molecule has 6 N–H and O–H groups in total. The van der Waals surface area contributed by atoms with Gasteiger partial charge >= 0.3 is 5.97 Å². The highest BCUT2D eigenvalue weighted by molar-refractivity contribution is 5.88. The first-order chi connectivity index (χ1) is 9.40. The minimum Gasteiger partial charge on any atom is -0.480 e. The van der Waals surface area contributed by atoms with Crippen molar-refractivity contribution in [3.05, 3.63) is 0 Å². The molecule has 20 heavy (non-hydrogen) atoms. The zero-order chi connectivity index (χ0) is 15.5. The maximum absolute atomic E-state index is 11.7. The predicted octanol–water partition coefficient (Wildman–Crippen LogP) is -0.0235. The Morgan fingerprint density at radius 1 is 1.20 bits per heavy atom. The van der Waals surface area contributed by atoms with Crippen LogP contribution in [-0.2, 0) is 14.4 Å². The fraction of sp³-hybridized carbons (Fsp3) is 0.769. The lowest BCUT2D eigenvalue weighted by Crippen LogP contribution is -2.43. The quantitative estimate of drug-likeness (QED) is 0.423. The van der Waals surface area contributed by atoms with Crippen molar-refractivity contribution in [2.24, 2.45) is 17.4 Å². The summed E-state index contributed by atoms with van der Waals surface area (Å²) in [7, 11) is 0. The lowest BCUT2D eigenvalue weighted by Gasteiger charge is -2.16. The average Bonchev–Trinajstić information content (AvgIpc) is 2.35. The van der Waals surface area contributed by atoms with E-state index in [1.54, 1.807) is 0 Å². The highest BCUT2D eigenvalue weighted by Crippen LogP contribution is 2.16. The van der Waals surface area contributed by atoms with Crippen molar-refractivity contribution in [3.63, 3.8) is 0 Å². The monoisotopic (exact) mass is 287 g/mol. The van der Waals surface area contributed by atoms with E-state index in [4.69, 9.17) is 16.6 Å². The molecule has 0 radical (unpaired) electrons. The average molecular weight is 287 g/mol. The van der Waals surface area contributed by atoms with Crippen molar-refractivity contribution in [2.75, 3.05) is 6.54 Å². The van der Waals surface area contributed by atoms with Gasteiger partial charge in [0.05, 0.1) is 6.42 Å². The van der Waals surface area contributed by atoms with Gasteiger partial charge in [-0.25, -0.2) is 4.79 Å². The molecule has 0 fully saturated rings. The Hall–Kier alpha value is -1.63. The summed E-state index contributed by atoms with van der Waals surface area (Å²) in [6.07, 6.45) is 3.36. The number of hydrogen-bond acceptors (Lipinski definition) is 4. The molecule has 0 heterocycles. The van der Waals surface area contributed by atoms with Crippen LogP contribution >= 0.6 is 0 Å². The van der Waals surface area contributed by atoms with Crippen LogP contribution in [0.4, 0.5) is 0 Å². The van der Waals surface area contributed by atoms with Crippen molar-refractivity contribution < 1.29 is 19.5 Å². The molecule has 0 aliphatic rings. The summed E-state index contributed by atoms with van der Waals surface area (Å²) >= 11 is 0. The molecular weight excluding hydrogens is 262 g/mol. The summed E-state index contributed by atoms with van der Waals surface area (Å²) in [6, 6.07) is -1.25. The fourth-order valence-electron chi connectivity index (χ4n) is 2.08. The molecule has 0 bridgehead atoms. The molecule has 0 aliphatic heterocycles. The number of nitrogens with two attached hydrogens (primary N) is 2. The van der Waals surface area contributed by atoms with Gasteiger partial charge in [-0.3, -0.25) is 9.59 Å². The number of amides is 2. The largest absolute Gasteiger partial charge is 0.480 e. The Bertz CT molecular complexity index is 328. The molecule has 2 unspecified atom stereocenters. The van der Waals surface area contributed by atoms with Crippen LogP contribution in [0.5, 0.6) is 0 Å². The molecule has 0 aromatic rings. The first-order valence-corrected chi connectivity index (χ1v) is 6.91. The molecule has 2 atom stereocenters. The number of rotatable bonds is 11. The Labute approximate surface area is 119 Å². The lowest BCUT2D eigenvalue weighted by atomic mass is 9.94. The third kappa shape index (κ3) is 8.47. The number of carboxylic acid groups (broad SMARTS) is 1. The van der Waals surface area contributed by atoms with Crippen LogP contribution in [0.25, 0.3) is 0 Å². The highest BCUT2D eigenvalue weighted by Gasteiger charge is 2.22. The maximum atomic E-state index is 11.7. The van der Waals surface area contributed by atoms with E-state index < -0.39 is 24.3 Å². The smallest absolute Gasteiger partial charge is 0.326 e. The summed E-state index contributed by atoms with van der Waals surface area (Å²) < 4.78 is 0. The molecule has 0 saturated carbocycles. The predicted molar refractivity (Wildman–Crippen MR) is 74.7 cm³/mol. The molecule has 0 aromatic heterocycles. The van der Waals surface area contributed by atoms with E-state index in [0.717, 1.165) is 19.3 Å². The first kappa shape index (κ1) is 18.4. The summed E-state index contributed by atoms with van der Waals surface area (Å²) in [6.45, 7) is 2.64. The van der Waals surface area contributed by atoms with Crippen molar-refractivity contribution in [2.45, 2.75) is 51.5 Å². The SMILES string of the molecule is CCCC(CCN)CCC(=O)NC(CC(N)=O)C(=O)O. The van der Waals surface area contributed by atoms with E-state index in [-0.39, 0.29) is 12.3 Å². The van der Waals surface area contributed by atoms with E-state index in [2.05, 4.69) is 12.2 Å². The van der Waals surface area contributed by atoms with Crippen molar-refractivity contribution in [1.29, 1.82) is 0 Å². The van der Waals surface area contributed by atoms with Crippen LogP contribution in [0.1, 0.15) is 45.4 Å². The molecule has 0 saturated heterocycles. The Kier molecular flexibility index (Phi) is 9.36. The molecule has 7 heteroatoms. The zero-order valence-electron chi connectivity index (χ0n) is 11.9. The fourth-order valence-corrected chi connectivity index (χ4v) is 2.08. The van der Waals surface area contributed by atoms with Gasteiger partial charge in [0.15, 0.2) is 0 Å². The Morgan fingerprint density at radius 2 is 1.85 bits per heavy atom. The van der Waals surface area contributed by atoms with Crippen LogP contribution in [0.15, 0.2) is 0 Å². The van der Waals surface area contributed by atoms with Gasteiger partial charge in [-0.15, -0.1) is 0 Å². The van der Waals surface area contributed by atoms with Crippen LogP contribution in [0.3, 0.4) is 0 Å². The number of carbonyl (C=O) groups excluding carboxylic acids is 2. The normalized spacial score (nSPS) is 13.5. The molecule has 116 valence electrons. The topological polar surface area (TPSA) is 136 Å². The third-order valence-corrected chi connectivity index (χ3v) is 3.09. The summed E-state index contributed by atoms with van der Waals surface area (Å²) in [5.74, 6) is -2.03. The minimum absolute atomic E-state index is 0.229. The van der Waals surface area contributed by atoms with E-state index in [1.807, 2.05) is 0 Å². The van der Waals surface area contributed by atoms with Crippen molar-refractivity contribution in [3.8, 4) is 0 Å². The molecule has 0 rings (SSSR count). The number of primary amides is 1. The van der Waals surface area contributed by atoms with Crippen LogP contribution in [0, 0.1) is 5.92 Å². The molecule has 0 spiro atoms. The van der Waals surface area contributed by atoms with E-state index in [9.17, 15) is 14.4 Å². The summed E-state index contributed by atoms with van der Waals surface area (Å²) in [5, 5.41) is 11.2. The minimum atomic E-state index is -1.26. The van der Waals surface area contributed by atoms with Gasteiger partial charge in [0.2, 0.25) is 11.8 Å². The van der Waals surface area contributed by atoms with Gasteiger partial charge in [0, 0.05) is 6.42 Å². The maximum Gasteiger partial charge on any atom is 0.326 e. The molecular formula is C13H25N3O4. The Morgan fingerprint density at radius 3 is 2.30 bits per heavy atom. The van der Waals surface area contributed by atoms with Crippen LogP contribution in [0.2, 0.25) is 0 Å². The number of carbonyl (C=O) groups is 3. The third-order valence-electron chi connectivity index (χ3n) is 3.09. The van der Waals surface area contributed by atoms with Gasteiger partial charge in [0.1, 0.15) is 6.04 Å². The standard InChI is InChI=1S/C13H25N3O4/c1-2-3-9(6-7-14)4-5-12(18)16-10(13(19)20)8-11(15)17/h9-10H,2-8,14H2,1H3,(H2,15,17)(H,16,18)(H,19,20). The summed E-state index contributed by atoms with van der Waals surface area (Å²) in [5.41, 5.74) is 10.5. The zero-order valence-corrected chi connectivity index (χ0v) is 11.9. The van der Waals surface area contributed by atoms with Crippen molar-refractivity contribution in [1.82, 2.24) is 5.32 Å². The van der Waals surface area contributed by atoms with E-state index >= 15 is 0 Å². The van der Waals surface area contributed by atoms with Crippen LogP contribution < -0.4 is 16.8 Å².